The Bertz CT molecular complexity index is 968. The van der Waals surface area contributed by atoms with E-state index in [1.165, 1.54) is 16.9 Å². The highest BCUT2D eigenvalue weighted by Gasteiger charge is 2.15. The number of carbonyl (C=O) groups excluding carboxylic acids is 1. The molecule has 1 aliphatic heterocycles. The van der Waals surface area contributed by atoms with Crippen LogP contribution in [-0.2, 0) is 0 Å². The van der Waals surface area contributed by atoms with Gasteiger partial charge in [-0.05, 0) is 49.2 Å². The first kappa shape index (κ1) is 15.7. The van der Waals surface area contributed by atoms with Crippen molar-refractivity contribution in [3.63, 3.8) is 0 Å². The molecule has 0 saturated carbocycles. The number of fused-ring (bicyclic) bond motifs is 2. The molecule has 1 aromatic heterocycles. The van der Waals surface area contributed by atoms with Crippen LogP contribution in [0.5, 0.6) is 11.5 Å². The third-order valence-electron chi connectivity index (χ3n) is 3.92. The molecule has 4 rings (SSSR count). The van der Waals surface area contributed by atoms with Crippen LogP contribution in [0.3, 0.4) is 0 Å². The fourth-order valence-corrected chi connectivity index (χ4v) is 3.79. The number of aromatic nitrogens is 1. The van der Waals surface area contributed by atoms with Crippen molar-refractivity contribution < 1.29 is 14.3 Å². The van der Waals surface area contributed by atoms with Crippen LogP contribution in [0.25, 0.3) is 10.2 Å². The summed E-state index contributed by atoms with van der Waals surface area (Å²) in [6, 6.07) is 9.31. The molecule has 0 unspecified atom stereocenters. The maximum absolute atomic E-state index is 12.3. The van der Waals surface area contributed by atoms with E-state index in [2.05, 4.69) is 34.9 Å². The summed E-state index contributed by atoms with van der Waals surface area (Å²) in [5.41, 5.74) is 9.33. The minimum atomic E-state index is -0.260. The first-order chi connectivity index (χ1) is 12.1. The predicted molar refractivity (Wildman–Crippen MR) is 97.6 cm³/mol. The van der Waals surface area contributed by atoms with Crippen LogP contribution in [0.4, 0.5) is 5.13 Å². The zero-order valence-corrected chi connectivity index (χ0v) is 14.7. The van der Waals surface area contributed by atoms with E-state index < -0.39 is 0 Å². The fourth-order valence-electron chi connectivity index (χ4n) is 2.79. The molecule has 1 amide bonds. The number of benzene rings is 2. The first-order valence-corrected chi connectivity index (χ1v) is 8.75. The predicted octanol–water partition coefficient (Wildman–Crippen LogP) is 3.44. The van der Waals surface area contributed by atoms with Gasteiger partial charge < -0.3 is 9.47 Å². The summed E-state index contributed by atoms with van der Waals surface area (Å²) in [5.74, 6) is 0.988. The molecular weight excluding hydrogens is 338 g/mol. The molecule has 0 saturated heterocycles. The number of carbonyl (C=O) groups is 1. The largest absolute Gasteiger partial charge is 0.486 e. The van der Waals surface area contributed by atoms with E-state index in [0.717, 1.165) is 15.8 Å². The van der Waals surface area contributed by atoms with Gasteiger partial charge in [0.2, 0.25) is 5.13 Å². The van der Waals surface area contributed by atoms with E-state index in [1.54, 1.807) is 18.2 Å². The molecule has 0 bridgehead atoms. The third kappa shape index (κ3) is 3.10. The molecule has 6 nitrogen and oxygen atoms in total. The number of ether oxygens (including phenoxy) is 2. The zero-order chi connectivity index (χ0) is 17.4. The van der Waals surface area contributed by atoms with Gasteiger partial charge in [0.25, 0.3) is 5.91 Å². The number of aryl methyl sites for hydroxylation is 2. The van der Waals surface area contributed by atoms with Crippen LogP contribution in [0.1, 0.15) is 21.5 Å². The summed E-state index contributed by atoms with van der Waals surface area (Å²) in [5, 5.41) is 0.648. The Morgan fingerprint density at radius 3 is 2.76 bits per heavy atom. The smallest absolute Gasteiger partial charge is 0.269 e. The average Bonchev–Trinajstić information content (AvgIpc) is 3.02. The Labute approximate surface area is 148 Å². The van der Waals surface area contributed by atoms with Gasteiger partial charge in [-0.2, -0.15) is 0 Å². The van der Waals surface area contributed by atoms with Crippen LogP contribution in [-0.4, -0.2) is 24.1 Å². The minimum absolute atomic E-state index is 0.260. The van der Waals surface area contributed by atoms with Crippen molar-refractivity contribution in [3.05, 3.63) is 47.0 Å². The zero-order valence-electron chi connectivity index (χ0n) is 13.9. The van der Waals surface area contributed by atoms with Crippen molar-refractivity contribution in [3.8, 4) is 11.5 Å². The van der Waals surface area contributed by atoms with Crippen molar-refractivity contribution in [2.75, 3.05) is 18.6 Å². The molecule has 0 radical (unpaired) electrons. The van der Waals surface area contributed by atoms with Crippen LogP contribution in [0.15, 0.2) is 30.3 Å². The van der Waals surface area contributed by atoms with Crippen LogP contribution >= 0.6 is 11.3 Å². The second-order valence-corrected chi connectivity index (χ2v) is 6.92. The molecule has 25 heavy (non-hydrogen) atoms. The van der Waals surface area contributed by atoms with Gasteiger partial charge in [0.15, 0.2) is 11.5 Å². The van der Waals surface area contributed by atoms with Gasteiger partial charge in [0.1, 0.15) is 13.2 Å². The van der Waals surface area contributed by atoms with Crippen LogP contribution < -0.4 is 20.3 Å². The van der Waals surface area contributed by atoms with Crippen molar-refractivity contribution in [2.24, 2.45) is 0 Å². The highest BCUT2D eigenvalue weighted by molar-refractivity contribution is 7.22. The number of nitrogens with one attached hydrogen (secondary N) is 2. The number of thiazole rings is 1. The van der Waals surface area contributed by atoms with Crippen molar-refractivity contribution in [1.29, 1.82) is 0 Å². The number of hydrazine groups is 1. The maximum atomic E-state index is 12.3. The van der Waals surface area contributed by atoms with Crippen molar-refractivity contribution >= 4 is 32.6 Å². The second kappa shape index (κ2) is 6.25. The number of nitrogens with zero attached hydrogens (tertiary/aromatic N) is 1. The normalized spacial score (nSPS) is 12.9. The second-order valence-electron chi connectivity index (χ2n) is 5.89. The topological polar surface area (TPSA) is 72.5 Å². The highest BCUT2D eigenvalue weighted by Crippen LogP contribution is 2.31. The van der Waals surface area contributed by atoms with E-state index in [1.807, 2.05) is 6.92 Å². The lowest BCUT2D eigenvalue weighted by molar-refractivity contribution is 0.0961. The monoisotopic (exact) mass is 355 g/mol. The molecule has 2 aromatic carbocycles. The van der Waals surface area contributed by atoms with E-state index in [4.69, 9.17) is 9.47 Å². The molecule has 0 spiro atoms. The molecule has 7 heteroatoms. The van der Waals surface area contributed by atoms with Crippen molar-refractivity contribution in [1.82, 2.24) is 10.4 Å². The quantitative estimate of drug-likeness (QED) is 0.704. The van der Waals surface area contributed by atoms with Crippen molar-refractivity contribution in [2.45, 2.75) is 13.8 Å². The van der Waals surface area contributed by atoms with E-state index >= 15 is 0 Å². The average molecular weight is 355 g/mol. The van der Waals surface area contributed by atoms with E-state index in [-0.39, 0.29) is 5.91 Å². The molecular formula is C18H17N3O3S. The summed E-state index contributed by atoms with van der Waals surface area (Å²) < 4.78 is 12.1. The van der Waals surface area contributed by atoms with Crippen LogP contribution in [0, 0.1) is 13.8 Å². The van der Waals surface area contributed by atoms with E-state index in [0.29, 0.717) is 35.4 Å². The number of anilines is 1. The molecule has 0 atom stereocenters. The first-order valence-electron chi connectivity index (χ1n) is 7.94. The molecule has 0 aliphatic carbocycles. The van der Waals surface area contributed by atoms with Gasteiger partial charge in [-0.25, -0.2) is 4.98 Å². The van der Waals surface area contributed by atoms with Crippen LogP contribution in [0.2, 0.25) is 0 Å². The Morgan fingerprint density at radius 2 is 1.92 bits per heavy atom. The number of rotatable bonds is 3. The van der Waals surface area contributed by atoms with Gasteiger partial charge in [0, 0.05) is 5.56 Å². The molecule has 0 fully saturated rings. The third-order valence-corrected chi connectivity index (χ3v) is 4.83. The highest BCUT2D eigenvalue weighted by atomic mass is 32.1. The lowest BCUT2D eigenvalue weighted by Gasteiger charge is -2.18. The fraction of sp³-hybridized carbons (Fsp3) is 0.222. The number of amides is 1. The van der Waals surface area contributed by atoms with Gasteiger partial charge >= 0.3 is 0 Å². The van der Waals surface area contributed by atoms with Gasteiger partial charge in [-0.3, -0.25) is 15.6 Å². The minimum Gasteiger partial charge on any atom is -0.486 e. The molecule has 1 aliphatic rings. The summed E-state index contributed by atoms with van der Waals surface area (Å²) in [4.78, 5) is 16.9. The Kier molecular flexibility index (Phi) is 3.93. The summed E-state index contributed by atoms with van der Waals surface area (Å²) in [7, 11) is 0. The molecule has 128 valence electrons. The van der Waals surface area contributed by atoms with Gasteiger partial charge in [0.05, 0.1) is 10.2 Å². The number of hydrogen-bond donors (Lipinski definition) is 2. The lowest BCUT2D eigenvalue weighted by Crippen LogP contribution is -2.29. The molecule has 3 aromatic rings. The maximum Gasteiger partial charge on any atom is 0.269 e. The lowest BCUT2D eigenvalue weighted by atomic mass is 10.1. The summed E-state index contributed by atoms with van der Waals surface area (Å²) in [6.07, 6.45) is 0. The van der Waals surface area contributed by atoms with E-state index in [9.17, 15) is 4.79 Å². The SMILES string of the molecule is Cc1cc(C)c2nc(NNC(=O)c3ccc4c(c3)OCCO4)sc2c1. The van der Waals surface area contributed by atoms with Gasteiger partial charge in [-0.15, -0.1) is 0 Å². The summed E-state index contributed by atoms with van der Waals surface area (Å²) >= 11 is 1.50. The Hall–Kier alpha value is -2.80. The van der Waals surface area contributed by atoms with Gasteiger partial charge in [-0.1, -0.05) is 17.4 Å². The Morgan fingerprint density at radius 1 is 1.12 bits per heavy atom. The Balaban J connectivity index is 1.49. The standard InChI is InChI=1S/C18H17N3O3S/c1-10-7-11(2)16-15(8-10)25-18(19-16)21-20-17(22)12-3-4-13-14(9-12)24-6-5-23-13/h3-4,7-9H,5-6H2,1-2H3,(H,19,21)(H,20,22). The summed E-state index contributed by atoms with van der Waals surface area (Å²) in [6.45, 7) is 5.10. The molecule has 2 N–H and O–H groups in total. The molecule has 2 heterocycles. The number of hydrogen-bond acceptors (Lipinski definition) is 6.